The normalized spacial score (nSPS) is 11.7. The highest BCUT2D eigenvalue weighted by atomic mass is 16.5. The summed E-state index contributed by atoms with van der Waals surface area (Å²) in [5.41, 5.74) is 1.95. The number of rotatable bonds is 10. The zero-order valence-corrected chi connectivity index (χ0v) is 16.8. The Morgan fingerprint density at radius 1 is 0.964 bits per heavy atom. The fraction of sp³-hybridized carbons (Fsp3) is 0.364. The van der Waals surface area contributed by atoms with Crippen molar-refractivity contribution in [3.8, 4) is 5.75 Å². The Morgan fingerprint density at radius 3 is 2.18 bits per heavy atom. The van der Waals surface area contributed by atoms with Crippen LogP contribution in [0.4, 0.5) is 0 Å². The van der Waals surface area contributed by atoms with Crippen molar-refractivity contribution in [1.29, 1.82) is 0 Å². The quantitative estimate of drug-likeness (QED) is 0.661. The number of carbonyl (C=O) groups is 2. The highest BCUT2D eigenvalue weighted by Gasteiger charge is 2.18. The van der Waals surface area contributed by atoms with E-state index in [1.54, 1.807) is 19.1 Å². The smallest absolute Gasteiger partial charge is 0.234 e. The summed E-state index contributed by atoms with van der Waals surface area (Å²) in [7, 11) is 3.38. The lowest BCUT2D eigenvalue weighted by atomic mass is 9.98. The van der Waals surface area contributed by atoms with Gasteiger partial charge in [0.1, 0.15) is 5.75 Å². The van der Waals surface area contributed by atoms with Crippen LogP contribution in [0.25, 0.3) is 0 Å². The molecule has 1 atom stereocenters. The van der Waals surface area contributed by atoms with Crippen molar-refractivity contribution in [2.45, 2.75) is 19.4 Å². The predicted octanol–water partition coefficient (Wildman–Crippen LogP) is 2.36. The standard InChI is InChI=1S/C22H29N3O3/c1-4-14-23-20(26)15-25(2)16-21(27)24-22(17-8-6-5-7-9-17)18-10-12-19(28-3)13-11-18/h5-13,22H,4,14-16H2,1-3H3,(H,23,26)(H,24,27)/t22-/m1/s1. The number of nitrogens with zero attached hydrogens (tertiary/aromatic N) is 1. The molecule has 0 unspecified atom stereocenters. The van der Waals surface area contributed by atoms with Gasteiger partial charge in [-0.1, -0.05) is 49.4 Å². The molecule has 0 heterocycles. The number of likely N-dealkylation sites (N-methyl/N-ethyl adjacent to an activating group) is 1. The van der Waals surface area contributed by atoms with Gasteiger partial charge in [-0.25, -0.2) is 0 Å². The molecule has 6 nitrogen and oxygen atoms in total. The Balaban J connectivity index is 2.05. The number of nitrogens with one attached hydrogen (secondary N) is 2. The van der Waals surface area contributed by atoms with E-state index in [-0.39, 0.29) is 30.9 Å². The summed E-state index contributed by atoms with van der Waals surface area (Å²) >= 11 is 0. The van der Waals surface area contributed by atoms with Crippen LogP contribution in [0.15, 0.2) is 54.6 Å². The average molecular weight is 383 g/mol. The molecule has 0 aliphatic rings. The van der Waals surface area contributed by atoms with Gasteiger partial charge in [0.15, 0.2) is 0 Å². The van der Waals surface area contributed by atoms with E-state index in [1.165, 1.54) is 0 Å². The second kappa shape index (κ2) is 11.1. The first-order chi connectivity index (χ1) is 13.5. The Bertz CT molecular complexity index is 747. The zero-order chi connectivity index (χ0) is 20.4. The van der Waals surface area contributed by atoms with E-state index >= 15 is 0 Å². The first-order valence-corrected chi connectivity index (χ1v) is 9.47. The van der Waals surface area contributed by atoms with Crippen LogP contribution in [0.5, 0.6) is 5.75 Å². The molecule has 0 aliphatic heterocycles. The zero-order valence-electron chi connectivity index (χ0n) is 16.8. The van der Waals surface area contributed by atoms with E-state index in [0.717, 1.165) is 23.3 Å². The molecule has 0 saturated heterocycles. The molecule has 0 spiro atoms. The van der Waals surface area contributed by atoms with Crippen molar-refractivity contribution >= 4 is 11.8 Å². The van der Waals surface area contributed by atoms with E-state index in [1.807, 2.05) is 61.5 Å². The number of carbonyl (C=O) groups excluding carboxylic acids is 2. The topological polar surface area (TPSA) is 70.7 Å². The van der Waals surface area contributed by atoms with E-state index < -0.39 is 0 Å². The van der Waals surface area contributed by atoms with Gasteiger partial charge in [0.25, 0.3) is 0 Å². The summed E-state index contributed by atoms with van der Waals surface area (Å²) in [4.78, 5) is 26.1. The fourth-order valence-electron chi connectivity index (χ4n) is 2.87. The third kappa shape index (κ3) is 6.70. The second-order valence-electron chi connectivity index (χ2n) is 6.71. The maximum absolute atomic E-state index is 12.6. The van der Waals surface area contributed by atoms with Crippen LogP contribution in [0.3, 0.4) is 0 Å². The number of ether oxygens (including phenoxy) is 1. The van der Waals surface area contributed by atoms with Crippen LogP contribution in [-0.4, -0.2) is 50.5 Å². The highest BCUT2D eigenvalue weighted by molar-refractivity contribution is 5.81. The summed E-state index contributed by atoms with van der Waals surface area (Å²) in [5.74, 6) is 0.544. The highest BCUT2D eigenvalue weighted by Crippen LogP contribution is 2.24. The maximum atomic E-state index is 12.6. The average Bonchev–Trinajstić information content (AvgIpc) is 2.71. The van der Waals surface area contributed by atoms with Gasteiger partial charge in [0.2, 0.25) is 11.8 Å². The first kappa shape index (κ1) is 21.4. The van der Waals surface area contributed by atoms with Crippen molar-refractivity contribution in [3.05, 3.63) is 65.7 Å². The first-order valence-electron chi connectivity index (χ1n) is 9.47. The van der Waals surface area contributed by atoms with E-state index in [2.05, 4.69) is 10.6 Å². The van der Waals surface area contributed by atoms with Gasteiger partial charge in [-0.05, 0) is 36.7 Å². The number of hydrogen-bond donors (Lipinski definition) is 2. The largest absolute Gasteiger partial charge is 0.497 e. The van der Waals surface area contributed by atoms with Crippen LogP contribution in [-0.2, 0) is 9.59 Å². The molecule has 2 N–H and O–H groups in total. The van der Waals surface area contributed by atoms with Gasteiger partial charge in [-0.15, -0.1) is 0 Å². The van der Waals surface area contributed by atoms with Gasteiger partial charge in [-0.3, -0.25) is 14.5 Å². The van der Waals surface area contributed by atoms with Crippen LogP contribution in [0.2, 0.25) is 0 Å². The van der Waals surface area contributed by atoms with Gasteiger partial charge < -0.3 is 15.4 Å². The molecular formula is C22H29N3O3. The lowest BCUT2D eigenvalue weighted by molar-refractivity contribution is -0.124. The van der Waals surface area contributed by atoms with Crippen LogP contribution >= 0.6 is 0 Å². The fourth-order valence-corrected chi connectivity index (χ4v) is 2.87. The Hall–Kier alpha value is -2.86. The Labute approximate surface area is 166 Å². The molecule has 0 bridgehead atoms. The minimum atomic E-state index is -0.276. The van der Waals surface area contributed by atoms with E-state index in [4.69, 9.17) is 4.74 Å². The molecular weight excluding hydrogens is 354 g/mol. The lowest BCUT2D eigenvalue weighted by Gasteiger charge is -2.22. The number of benzene rings is 2. The monoisotopic (exact) mass is 383 g/mol. The molecule has 2 amide bonds. The summed E-state index contributed by atoms with van der Waals surface area (Å²) < 4.78 is 5.22. The molecule has 0 aliphatic carbocycles. The van der Waals surface area contributed by atoms with Crippen LogP contribution < -0.4 is 15.4 Å². The molecule has 6 heteroatoms. The van der Waals surface area contributed by atoms with Crippen molar-refractivity contribution in [2.75, 3.05) is 33.8 Å². The number of methoxy groups -OCH3 is 1. The molecule has 0 aromatic heterocycles. The van der Waals surface area contributed by atoms with Crippen molar-refractivity contribution in [1.82, 2.24) is 15.5 Å². The third-order valence-electron chi connectivity index (χ3n) is 4.29. The maximum Gasteiger partial charge on any atom is 0.234 e. The third-order valence-corrected chi connectivity index (χ3v) is 4.29. The summed E-state index contributed by atoms with van der Waals surface area (Å²) in [6.07, 6.45) is 0.885. The molecule has 2 aromatic carbocycles. The van der Waals surface area contributed by atoms with E-state index in [9.17, 15) is 9.59 Å². The molecule has 0 radical (unpaired) electrons. The molecule has 150 valence electrons. The predicted molar refractivity (Wildman–Crippen MR) is 110 cm³/mol. The van der Waals surface area contributed by atoms with Gasteiger partial charge in [-0.2, -0.15) is 0 Å². The SMILES string of the molecule is CCCNC(=O)CN(C)CC(=O)N[C@H](c1ccccc1)c1ccc(OC)cc1. The van der Waals surface area contributed by atoms with Crippen LogP contribution in [0.1, 0.15) is 30.5 Å². The lowest BCUT2D eigenvalue weighted by Crippen LogP contribution is -2.42. The Kier molecular flexibility index (Phi) is 8.49. The van der Waals surface area contributed by atoms with Gasteiger partial charge in [0, 0.05) is 6.54 Å². The molecule has 28 heavy (non-hydrogen) atoms. The number of amides is 2. The summed E-state index contributed by atoms with van der Waals surface area (Å²) in [5, 5.41) is 5.90. The van der Waals surface area contributed by atoms with Crippen molar-refractivity contribution in [3.63, 3.8) is 0 Å². The van der Waals surface area contributed by atoms with Gasteiger partial charge in [0.05, 0.1) is 26.2 Å². The minimum absolute atomic E-state index is 0.0769. The summed E-state index contributed by atoms with van der Waals surface area (Å²) in [6, 6.07) is 17.2. The van der Waals surface area contributed by atoms with Crippen molar-refractivity contribution in [2.24, 2.45) is 0 Å². The molecule has 2 rings (SSSR count). The second-order valence-corrected chi connectivity index (χ2v) is 6.71. The van der Waals surface area contributed by atoms with Crippen molar-refractivity contribution < 1.29 is 14.3 Å². The Morgan fingerprint density at radius 2 is 1.57 bits per heavy atom. The summed E-state index contributed by atoms with van der Waals surface area (Å²) in [6.45, 7) is 2.97. The van der Waals surface area contributed by atoms with Gasteiger partial charge >= 0.3 is 0 Å². The molecule has 0 fully saturated rings. The van der Waals surface area contributed by atoms with E-state index in [0.29, 0.717) is 6.54 Å². The van der Waals surface area contributed by atoms with Crippen LogP contribution in [0, 0.1) is 0 Å². The molecule has 0 saturated carbocycles. The molecule has 2 aromatic rings. The number of hydrogen-bond acceptors (Lipinski definition) is 4. The minimum Gasteiger partial charge on any atom is -0.497 e.